The van der Waals surface area contributed by atoms with Crippen LogP contribution < -0.4 is 11.5 Å². The number of thioether (sulfide) groups is 1. The number of nitrogen functional groups attached to an aromatic ring is 1. The van der Waals surface area contributed by atoms with Gasteiger partial charge >= 0.3 is 0 Å². The molecule has 0 aromatic heterocycles. The van der Waals surface area contributed by atoms with Gasteiger partial charge in [0.15, 0.2) is 5.78 Å². The van der Waals surface area contributed by atoms with Crippen molar-refractivity contribution in [1.29, 1.82) is 0 Å². The van der Waals surface area contributed by atoms with Gasteiger partial charge in [-0.05, 0) is 29.9 Å². The van der Waals surface area contributed by atoms with E-state index in [9.17, 15) is 9.59 Å². The molecule has 6 heteroatoms. The first-order valence-electron chi connectivity index (χ1n) is 7.55. The minimum atomic E-state index is -0.633. The Hall–Kier alpha value is -1.98. The lowest BCUT2D eigenvalue weighted by atomic mass is 9.97. The van der Waals surface area contributed by atoms with Crippen molar-refractivity contribution in [2.45, 2.75) is 18.6 Å². The molecule has 1 amide bonds. The van der Waals surface area contributed by atoms with E-state index in [0.29, 0.717) is 16.1 Å². The van der Waals surface area contributed by atoms with Crippen LogP contribution in [-0.2, 0) is 4.79 Å². The van der Waals surface area contributed by atoms with E-state index in [1.54, 1.807) is 30.3 Å². The number of benzene rings is 2. The molecule has 126 valence electrons. The molecule has 4 nitrogen and oxygen atoms in total. The third kappa shape index (κ3) is 4.10. The Morgan fingerprint density at radius 3 is 2.46 bits per heavy atom. The van der Waals surface area contributed by atoms with Crippen molar-refractivity contribution in [1.82, 2.24) is 0 Å². The highest BCUT2D eigenvalue weighted by Crippen LogP contribution is 2.37. The number of nitrogens with two attached hydrogens (primary N) is 2. The number of carbonyl (C=O) groups is 2. The van der Waals surface area contributed by atoms with Crippen LogP contribution in [0, 0.1) is 0 Å². The van der Waals surface area contributed by atoms with E-state index in [2.05, 4.69) is 0 Å². The molecular formula is C18H19ClN2O2S. The molecule has 0 saturated carbocycles. The fourth-order valence-corrected chi connectivity index (χ4v) is 3.59. The number of anilines is 1. The zero-order chi connectivity index (χ0) is 17.7. The zero-order valence-electron chi connectivity index (χ0n) is 13.3. The Kier molecular flexibility index (Phi) is 6.29. The van der Waals surface area contributed by atoms with Crippen LogP contribution in [0.15, 0.2) is 42.5 Å². The van der Waals surface area contributed by atoms with E-state index in [-0.39, 0.29) is 17.0 Å². The Morgan fingerprint density at radius 2 is 1.88 bits per heavy atom. The van der Waals surface area contributed by atoms with Crippen LogP contribution >= 0.6 is 23.4 Å². The third-order valence-electron chi connectivity index (χ3n) is 3.49. The van der Waals surface area contributed by atoms with Crippen LogP contribution in [0.2, 0.25) is 5.02 Å². The van der Waals surface area contributed by atoms with Gasteiger partial charge in [0.05, 0.1) is 0 Å². The largest absolute Gasteiger partial charge is 0.398 e. The molecule has 2 rings (SSSR count). The Balaban J connectivity index is 2.50. The lowest BCUT2D eigenvalue weighted by Crippen LogP contribution is -2.21. The smallest absolute Gasteiger partial charge is 0.235 e. The van der Waals surface area contributed by atoms with Crippen LogP contribution in [0.4, 0.5) is 5.69 Å². The summed E-state index contributed by atoms with van der Waals surface area (Å²) in [5.74, 6) is 0.0164. The molecule has 2 aromatic rings. The van der Waals surface area contributed by atoms with E-state index < -0.39 is 11.2 Å². The van der Waals surface area contributed by atoms with Gasteiger partial charge < -0.3 is 11.5 Å². The summed E-state index contributed by atoms with van der Waals surface area (Å²) in [7, 11) is 0. The lowest BCUT2D eigenvalue weighted by Gasteiger charge is -2.18. The van der Waals surface area contributed by atoms with Crippen molar-refractivity contribution in [2.75, 3.05) is 11.5 Å². The maximum Gasteiger partial charge on any atom is 0.235 e. The van der Waals surface area contributed by atoms with Gasteiger partial charge in [-0.1, -0.05) is 48.9 Å². The van der Waals surface area contributed by atoms with Crippen LogP contribution in [0.5, 0.6) is 0 Å². The molecule has 1 atom stereocenters. The van der Waals surface area contributed by atoms with Crippen molar-refractivity contribution in [3.8, 4) is 0 Å². The minimum absolute atomic E-state index is 0.236. The van der Waals surface area contributed by atoms with Crippen LogP contribution in [0.3, 0.4) is 0 Å². The highest BCUT2D eigenvalue weighted by Gasteiger charge is 2.25. The topological polar surface area (TPSA) is 86.2 Å². The van der Waals surface area contributed by atoms with E-state index >= 15 is 0 Å². The van der Waals surface area contributed by atoms with Crippen molar-refractivity contribution < 1.29 is 9.59 Å². The normalized spacial score (nSPS) is 11.9. The molecule has 0 spiro atoms. The summed E-state index contributed by atoms with van der Waals surface area (Å²) in [5.41, 5.74) is 13.3. The predicted molar refractivity (Wildman–Crippen MR) is 100 cm³/mol. The molecule has 0 aliphatic carbocycles. The number of carbonyl (C=O) groups excluding carboxylic acids is 2. The van der Waals surface area contributed by atoms with E-state index in [1.165, 1.54) is 17.8 Å². The molecule has 0 radical (unpaired) electrons. The molecular weight excluding hydrogens is 344 g/mol. The molecule has 0 aliphatic rings. The first-order chi connectivity index (χ1) is 11.5. The Morgan fingerprint density at radius 1 is 1.21 bits per heavy atom. The zero-order valence-corrected chi connectivity index (χ0v) is 14.9. The monoisotopic (exact) mass is 362 g/mol. The highest BCUT2D eigenvalue weighted by atomic mass is 35.5. The molecule has 0 aliphatic heterocycles. The van der Waals surface area contributed by atoms with Gasteiger partial charge in [-0.3, -0.25) is 9.59 Å². The molecule has 24 heavy (non-hydrogen) atoms. The van der Waals surface area contributed by atoms with Gasteiger partial charge in [0.2, 0.25) is 5.91 Å². The number of ketones is 1. The number of halogens is 1. The van der Waals surface area contributed by atoms with Crippen LogP contribution in [0.25, 0.3) is 0 Å². The third-order valence-corrected chi connectivity index (χ3v) is 5.17. The maximum atomic E-state index is 12.7. The van der Waals surface area contributed by atoms with Crippen molar-refractivity contribution in [3.05, 3.63) is 64.2 Å². The molecule has 0 saturated heterocycles. The van der Waals surface area contributed by atoms with Crippen molar-refractivity contribution in [3.63, 3.8) is 0 Å². The van der Waals surface area contributed by atoms with Gasteiger partial charge in [-0.15, -0.1) is 11.8 Å². The summed E-state index contributed by atoms with van der Waals surface area (Å²) in [6.45, 7) is 2.01. The number of primary amides is 1. The summed E-state index contributed by atoms with van der Waals surface area (Å²) in [5, 5.41) is -0.284. The Bertz CT molecular complexity index is 750. The highest BCUT2D eigenvalue weighted by molar-refractivity contribution is 8.00. The van der Waals surface area contributed by atoms with Crippen LogP contribution in [0.1, 0.15) is 40.1 Å². The molecule has 0 fully saturated rings. The average molecular weight is 363 g/mol. The molecule has 0 heterocycles. The van der Waals surface area contributed by atoms with Gasteiger partial charge in [0, 0.05) is 21.8 Å². The van der Waals surface area contributed by atoms with Gasteiger partial charge in [-0.25, -0.2) is 0 Å². The maximum absolute atomic E-state index is 12.7. The standard InChI is InChI=1S/C18H19ClN2O2S/c1-2-8-24-17(18(21)23)14-10-12(19)9-13(15(14)20)16(22)11-6-4-3-5-7-11/h3-7,9-10,17H,2,8,20H2,1H3,(H2,21,23). The number of hydrogen-bond acceptors (Lipinski definition) is 4. The summed E-state index contributed by atoms with van der Waals surface area (Å²) < 4.78 is 0. The summed E-state index contributed by atoms with van der Waals surface area (Å²) in [6.07, 6.45) is 0.894. The second kappa shape index (κ2) is 8.22. The fourth-order valence-electron chi connectivity index (χ4n) is 2.35. The van der Waals surface area contributed by atoms with Crippen molar-refractivity contribution in [2.24, 2.45) is 5.73 Å². The first-order valence-corrected chi connectivity index (χ1v) is 8.98. The van der Waals surface area contributed by atoms with E-state index in [0.717, 1.165) is 12.2 Å². The summed E-state index contributed by atoms with van der Waals surface area (Å²) >= 11 is 7.56. The minimum Gasteiger partial charge on any atom is -0.398 e. The first kappa shape index (κ1) is 18.4. The number of amides is 1. The second-order valence-electron chi connectivity index (χ2n) is 5.30. The van der Waals surface area contributed by atoms with Crippen molar-refractivity contribution >= 4 is 40.7 Å². The predicted octanol–water partition coefficient (Wildman–Crippen LogP) is 3.82. The number of rotatable bonds is 7. The number of hydrogen-bond donors (Lipinski definition) is 2. The molecule has 4 N–H and O–H groups in total. The van der Waals surface area contributed by atoms with Gasteiger partial charge in [-0.2, -0.15) is 0 Å². The molecule has 2 aromatic carbocycles. The average Bonchev–Trinajstić information content (AvgIpc) is 2.57. The SMILES string of the molecule is CCCSC(C(N)=O)c1cc(Cl)cc(C(=O)c2ccccc2)c1N. The van der Waals surface area contributed by atoms with E-state index in [1.807, 2.05) is 13.0 Å². The molecule has 0 bridgehead atoms. The Labute approximate surface area is 150 Å². The fraction of sp³-hybridized carbons (Fsp3) is 0.222. The van der Waals surface area contributed by atoms with Gasteiger partial charge in [0.1, 0.15) is 5.25 Å². The second-order valence-corrected chi connectivity index (χ2v) is 6.95. The summed E-state index contributed by atoms with van der Waals surface area (Å²) in [6, 6.07) is 11.9. The quantitative estimate of drug-likeness (QED) is 0.579. The van der Waals surface area contributed by atoms with Gasteiger partial charge in [0.25, 0.3) is 0 Å². The van der Waals surface area contributed by atoms with E-state index in [4.69, 9.17) is 23.1 Å². The lowest BCUT2D eigenvalue weighted by molar-refractivity contribution is -0.117. The van der Waals surface area contributed by atoms with Crippen LogP contribution in [-0.4, -0.2) is 17.4 Å². The molecule has 1 unspecified atom stereocenters. The summed E-state index contributed by atoms with van der Waals surface area (Å²) in [4.78, 5) is 24.6.